The lowest BCUT2D eigenvalue weighted by Gasteiger charge is -2.37. The smallest absolute Gasteiger partial charge is 0.251 e. The second-order valence-electron chi connectivity index (χ2n) is 9.14. The molecular weight excluding hydrogens is 406 g/mol. The summed E-state index contributed by atoms with van der Waals surface area (Å²) in [5.74, 6) is 0.266. The van der Waals surface area contributed by atoms with Gasteiger partial charge in [-0.1, -0.05) is 19.1 Å². The Morgan fingerprint density at radius 2 is 1.90 bits per heavy atom. The van der Waals surface area contributed by atoms with Gasteiger partial charge in [-0.25, -0.2) is 0 Å². The van der Waals surface area contributed by atoms with Gasteiger partial charge in [0.05, 0.1) is 12.6 Å². The fraction of sp³-hybridized carbons (Fsp3) is 0.520. The third kappa shape index (κ3) is 4.70. The third-order valence-electron chi connectivity index (χ3n) is 6.72. The molecule has 0 saturated heterocycles. The number of fused-ring (bicyclic) bond motifs is 1. The van der Waals surface area contributed by atoms with Crippen molar-refractivity contribution in [1.29, 1.82) is 0 Å². The first-order valence-electron chi connectivity index (χ1n) is 11.6. The maximum absolute atomic E-state index is 13.3. The number of benzene rings is 1. The summed E-state index contributed by atoms with van der Waals surface area (Å²) in [7, 11) is 0. The number of carbonyl (C=O) groups excluding carboxylic acids is 2. The largest absolute Gasteiger partial charge is 0.349 e. The fourth-order valence-corrected chi connectivity index (χ4v) is 5.57. The minimum absolute atomic E-state index is 0.0202. The van der Waals surface area contributed by atoms with Crippen LogP contribution in [0.1, 0.15) is 71.4 Å². The number of amides is 2. The molecule has 5 rings (SSSR count). The first-order valence-corrected chi connectivity index (χ1v) is 12.5. The molecule has 1 atom stereocenters. The third-order valence-corrected chi connectivity index (χ3v) is 7.71. The van der Waals surface area contributed by atoms with Crippen LogP contribution in [0.2, 0.25) is 0 Å². The zero-order valence-corrected chi connectivity index (χ0v) is 19.0. The molecule has 2 aliphatic carbocycles. The molecule has 0 bridgehead atoms. The SMILES string of the molecule is CCC1c2ccsc2CCN1C(=O)CN(Cc1ccc(C(=O)NC2CC2)cc1)C1CC1. The number of rotatable bonds is 8. The van der Waals surface area contributed by atoms with Gasteiger partial charge in [0, 0.05) is 35.6 Å². The lowest BCUT2D eigenvalue weighted by Crippen LogP contribution is -2.45. The van der Waals surface area contributed by atoms with E-state index in [9.17, 15) is 9.59 Å². The maximum Gasteiger partial charge on any atom is 0.251 e. The molecule has 2 fully saturated rings. The summed E-state index contributed by atoms with van der Waals surface area (Å²) in [4.78, 5) is 31.4. The number of hydrogen-bond donors (Lipinski definition) is 1. The minimum Gasteiger partial charge on any atom is -0.349 e. The molecule has 2 heterocycles. The Morgan fingerprint density at radius 1 is 1.13 bits per heavy atom. The van der Waals surface area contributed by atoms with Gasteiger partial charge in [-0.05, 0) is 73.2 Å². The topological polar surface area (TPSA) is 52.7 Å². The quantitative estimate of drug-likeness (QED) is 0.675. The predicted octanol–water partition coefficient (Wildman–Crippen LogP) is 4.14. The molecule has 1 aliphatic heterocycles. The number of thiophene rings is 1. The molecule has 2 amide bonds. The van der Waals surface area contributed by atoms with Gasteiger partial charge in [-0.3, -0.25) is 14.5 Å². The van der Waals surface area contributed by atoms with Crippen LogP contribution in [0, 0.1) is 0 Å². The van der Waals surface area contributed by atoms with Crippen LogP contribution in [0.5, 0.6) is 0 Å². The standard InChI is InChI=1S/C25H31N3O2S/c1-2-22-21-12-14-31-23(21)11-13-28(22)24(29)16-27(20-9-10-20)15-17-3-5-18(6-4-17)25(30)26-19-7-8-19/h3-6,12,14,19-20,22H,2,7-11,13,15-16H2,1H3,(H,26,30). The average molecular weight is 438 g/mol. The normalized spacial score (nSPS) is 20.6. The molecule has 1 unspecified atom stereocenters. The predicted molar refractivity (Wildman–Crippen MR) is 123 cm³/mol. The highest BCUT2D eigenvalue weighted by Crippen LogP contribution is 2.36. The Bertz CT molecular complexity index is 946. The molecular formula is C25H31N3O2S. The molecule has 6 heteroatoms. The monoisotopic (exact) mass is 437 g/mol. The van der Waals surface area contributed by atoms with E-state index in [2.05, 4.69) is 33.5 Å². The molecule has 164 valence electrons. The van der Waals surface area contributed by atoms with Gasteiger partial charge in [0.25, 0.3) is 5.91 Å². The highest BCUT2D eigenvalue weighted by Gasteiger charge is 2.35. The number of hydrogen-bond acceptors (Lipinski definition) is 4. The van der Waals surface area contributed by atoms with Crippen LogP contribution in [0.4, 0.5) is 0 Å². The molecule has 1 aromatic carbocycles. The molecule has 5 nitrogen and oxygen atoms in total. The first-order chi connectivity index (χ1) is 15.1. The van der Waals surface area contributed by atoms with Gasteiger partial charge in [-0.15, -0.1) is 11.3 Å². The Kier molecular flexibility index (Phi) is 5.85. The highest BCUT2D eigenvalue weighted by molar-refractivity contribution is 7.10. The van der Waals surface area contributed by atoms with Crippen LogP contribution < -0.4 is 5.32 Å². The average Bonchev–Trinajstić information content (AvgIpc) is 3.71. The van der Waals surface area contributed by atoms with Crippen molar-refractivity contribution in [3.8, 4) is 0 Å². The van der Waals surface area contributed by atoms with E-state index in [1.807, 2.05) is 35.6 Å². The zero-order chi connectivity index (χ0) is 21.4. The highest BCUT2D eigenvalue weighted by atomic mass is 32.1. The Balaban J connectivity index is 1.23. The van der Waals surface area contributed by atoms with Gasteiger partial charge < -0.3 is 10.2 Å². The Labute approximate surface area is 188 Å². The van der Waals surface area contributed by atoms with Crippen LogP contribution in [0.25, 0.3) is 0 Å². The summed E-state index contributed by atoms with van der Waals surface area (Å²) < 4.78 is 0. The van der Waals surface area contributed by atoms with Gasteiger partial charge in [0.15, 0.2) is 0 Å². The molecule has 1 aromatic heterocycles. The van der Waals surface area contributed by atoms with E-state index >= 15 is 0 Å². The van der Waals surface area contributed by atoms with Gasteiger partial charge >= 0.3 is 0 Å². The lowest BCUT2D eigenvalue weighted by molar-refractivity contribution is -0.135. The van der Waals surface area contributed by atoms with E-state index in [-0.39, 0.29) is 17.9 Å². The van der Waals surface area contributed by atoms with Crippen LogP contribution in [-0.4, -0.2) is 46.8 Å². The molecule has 1 N–H and O–H groups in total. The second-order valence-corrected chi connectivity index (χ2v) is 10.1. The van der Waals surface area contributed by atoms with Crippen molar-refractivity contribution in [2.24, 2.45) is 0 Å². The van der Waals surface area contributed by atoms with Crippen molar-refractivity contribution in [2.75, 3.05) is 13.1 Å². The summed E-state index contributed by atoms with van der Waals surface area (Å²) in [5, 5.41) is 5.20. The molecule has 31 heavy (non-hydrogen) atoms. The van der Waals surface area contributed by atoms with E-state index in [1.54, 1.807) is 0 Å². The summed E-state index contributed by atoms with van der Waals surface area (Å²) in [5.41, 5.74) is 3.23. The Hall–Kier alpha value is -2.18. The van der Waals surface area contributed by atoms with Gasteiger partial charge in [0.2, 0.25) is 5.91 Å². The first kappa shape index (κ1) is 20.7. The summed E-state index contributed by atoms with van der Waals surface area (Å²) in [6.07, 6.45) is 6.46. The van der Waals surface area contributed by atoms with Gasteiger partial charge in [0.1, 0.15) is 0 Å². The summed E-state index contributed by atoms with van der Waals surface area (Å²) in [6, 6.07) is 11.2. The van der Waals surface area contributed by atoms with Crippen molar-refractivity contribution >= 4 is 23.2 Å². The van der Waals surface area contributed by atoms with Crippen molar-refractivity contribution in [1.82, 2.24) is 15.1 Å². The number of nitrogens with zero attached hydrogens (tertiary/aromatic N) is 2. The zero-order valence-electron chi connectivity index (χ0n) is 18.2. The lowest BCUT2D eigenvalue weighted by atomic mass is 9.97. The van der Waals surface area contributed by atoms with Gasteiger partial charge in [-0.2, -0.15) is 0 Å². The van der Waals surface area contributed by atoms with Crippen LogP contribution >= 0.6 is 11.3 Å². The maximum atomic E-state index is 13.3. The second kappa shape index (κ2) is 8.75. The van der Waals surface area contributed by atoms with E-state index < -0.39 is 0 Å². The Morgan fingerprint density at radius 3 is 2.58 bits per heavy atom. The fourth-order valence-electron chi connectivity index (χ4n) is 4.65. The number of carbonyl (C=O) groups is 2. The van der Waals surface area contributed by atoms with E-state index in [0.717, 1.165) is 49.9 Å². The van der Waals surface area contributed by atoms with Crippen LogP contribution in [-0.2, 0) is 17.8 Å². The van der Waals surface area contributed by atoms with Crippen LogP contribution in [0.15, 0.2) is 35.7 Å². The van der Waals surface area contributed by atoms with Crippen molar-refractivity contribution in [2.45, 2.75) is 70.1 Å². The number of nitrogens with one attached hydrogen (secondary N) is 1. The summed E-state index contributed by atoms with van der Waals surface area (Å²) in [6.45, 7) is 4.24. The van der Waals surface area contributed by atoms with E-state index in [0.29, 0.717) is 18.6 Å². The van der Waals surface area contributed by atoms with Crippen molar-refractivity contribution in [3.63, 3.8) is 0 Å². The summed E-state index contributed by atoms with van der Waals surface area (Å²) >= 11 is 1.82. The molecule has 0 radical (unpaired) electrons. The van der Waals surface area contributed by atoms with E-state index in [4.69, 9.17) is 0 Å². The molecule has 0 spiro atoms. The van der Waals surface area contributed by atoms with Crippen LogP contribution in [0.3, 0.4) is 0 Å². The minimum atomic E-state index is 0.0202. The molecule has 2 aromatic rings. The van der Waals surface area contributed by atoms with Crippen molar-refractivity contribution in [3.05, 3.63) is 57.3 Å². The molecule has 2 saturated carbocycles. The van der Waals surface area contributed by atoms with Crippen molar-refractivity contribution < 1.29 is 9.59 Å². The molecule has 3 aliphatic rings. The van der Waals surface area contributed by atoms with E-state index in [1.165, 1.54) is 23.3 Å².